The molecule has 1 heterocycles. The second-order valence-electron chi connectivity index (χ2n) is 3.91. The van der Waals surface area contributed by atoms with Crippen LogP contribution in [0.2, 0.25) is 0 Å². The van der Waals surface area contributed by atoms with Gasteiger partial charge >= 0.3 is 6.18 Å². The Bertz CT molecular complexity index is 522. The zero-order valence-electron chi connectivity index (χ0n) is 9.79. The fourth-order valence-corrected chi connectivity index (χ4v) is 1.76. The summed E-state index contributed by atoms with van der Waals surface area (Å²) in [7, 11) is 0. The predicted octanol–water partition coefficient (Wildman–Crippen LogP) is 2.70. The van der Waals surface area contributed by atoms with E-state index in [9.17, 15) is 18.0 Å². The van der Waals surface area contributed by atoms with Gasteiger partial charge in [-0.15, -0.1) is 0 Å². The van der Waals surface area contributed by atoms with E-state index in [1.165, 1.54) is 12.1 Å². The first kappa shape index (κ1) is 13.4. The number of hydrogen-bond acceptors (Lipinski definition) is 4. The summed E-state index contributed by atoms with van der Waals surface area (Å²) < 4.78 is 49.2. The highest BCUT2D eigenvalue weighted by Gasteiger charge is 2.35. The Hall–Kier alpha value is -2.01. The molecule has 0 saturated carbocycles. The van der Waals surface area contributed by atoms with Crippen LogP contribution in [0.5, 0.6) is 11.5 Å². The minimum Gasteiger partial charge on any atom is -0.490 e. The Balaban J connectivity index is 2.50. The van der Waals surface area contributed by atoms with Crippen LogP contribution in [0.4, 0.5) is 13.2 Å². The smallest absolute Gasteiger partial charge is 0.416 e. The minimum absolute atomic E-state index is 0.0589. The number of fused-ring (bicyclic) bond motifs is 1. The van der Waals surface area contributed by atoms with E-state index in [0.717, 1.165) is 6.07 Å². The number of hydrogen-bond donors (Lipinski definition) is 0. The number of isocyanates is 1. The van der Waals surface area contributed by atoms with Gasteiger partial charge in [0, 0.05) is 6.42 Å². The Morgan fingerprint density at radius 1 is 1.21 bits per heavy atom. The third kappa shape index (κ3) is 3.06. The van der Waals surface area contributed by atoms with Crippen molar-refractivity contribution in [2.24, 2.45) is 4.99 Å². The molecular weight excluding hydrogens is 263 g/mol. The van der Waals surface area contributed by atoms with Crippen molar-refractivity contribution in [2.45, 2.75) is 19.1 Å². The van der Waals surface area contributed by atoms with Gasteiger partial charge in [-0.2, -0.15) is 13.2 Å². The lowest BCUT2D eigenvalue weighted by atomic mass is 10.1. The summed E-state index contributed by atoms with van der Waals surface area (Å²) in [6.45, 7) is 0.278. The van der Waals surface area contributed by atoms with Crippen LogP contribution in [0.25, 0.3) is 0 Å². The molecule has 0 aliphatic carbocycles. The van der Waals surface area contributed by atoms with E-state index in [1.54, 1.807) is 0 Å². The molecule has 2 rings (SSSR count). The molecule has 0 spiro atoms. The normalized spacial score (nSPS) is 14.5. The van der Waals surface area contributed by atoms with Crippen molar-refractivity contribution in [2.75, 3.05) is 13.2 Å². The maximum atomic E-state index is 12.9. The van der Waals surface area contributed by atoms with Gasteiger partial charge < -0.3 is 9.47 Å². The Kier molecular flexibility index (Phi) is 3.76. The average Bonchev–Trinajstić information content (AvgIpc) is 2.58. The van der Waals surface area contributed by atoms with E-state index in [4.69, 9.17) is 9.47 Å². The van der Waals surface area contributed by atoms with Crippen molar-refractivity contribution in [1.82, 2.24) is 0 Å². The van der Waals surface area contributed by atoms with Crippen molar-refractivity contribution in [3.05, 3.63) is 23.3 Å². The number of rotatable bonds is 2. The molecule has 1 aromatic carbocycles. The van der Waals surface area contributed by atoms with Gasteiger partial charge in [-0.05, 0) is 17.7 Å². The molecule has 0 atom stereocenters. The number of alkyl halides is 3. The summed E-state index contributed by atoms with van der Waals surface area (Å²) in [4.78, 5) is 13.2. The van der Waals surface area contributed by atoms with E-state index in [1.807, 2.05) is 0 Å². The Labute approximate surface area is 106 Å². The monoisotopic (exact) mass is 273 g/mol. The zero-order valence-corrected chi connectivity index (χ0v) is 9.79. The van der Waals surface area contributed by atoms with Crippen LogP contribution >= 0.6 is 0 Å². The Morgan fingerprint density at radius 3 is 2.42 bits per heavy atom. The van der Waals surface area contributed by atoms with Crippen LogP contribution in [-0.2, 0) is 17.5 Å². The molecule has 102 valence electrons. The van der Waals surface area contributed by atoms with Gasteiger partial charge in [-0.1, -0.05) is 0 Å². The van der Waals surface area contributed by atoms with Crippen LogP contribution in [-0.4, -0.2) is 19.3 Å². The first-order chi connectivity index (χ1) is 9.02. The highest BCUT2D eigenvalue weighted by atomic mass is 19.4. The maximum Gasteiger partial charge on any atom is 0.416 e. The van der Waals surface area contributed by atoms with Crippen LogP contribution < -0.4 is 9.47 Å². The van der Waals surface area contributed by atoms with Crippen LogP contribution in [0.15, 0.2) is 17.1 Å². The van der Waals surface area contributed by atoms with E-state index >= 15 is 0 Å². The lowest BCUT2D eigenvalue weighted by Gasteiger charge is -2.15. The summed E-state index contributed by atoms with van der Waals surface area (Å²) in [5, 5.41) is 0. The summed E-state index contributed by atoms with van der Waals surface area (Å²) in [6, 6.07) is 2.10. The predicted molar refractivity (Wildman–Crippen MR) is 58.9 cm³/mol. The molecule has 0 N–H and O–H groups in total. The lowest BCUT2D eigenvalue weighted by molar-refractivity contribution is -0.138. The van der Waals surface area contributed by atoms with Gasteiger partial charge in [0.15, 0.2) is 11.5 Å². The van der Waals surface area contributed by atoms with E-state index in [-0.39, 0.29) is 17.1 Å². The summed E-state index contributed by atoms with van der Waals surface area (Å²) >= 11 is 0. The number of aliphatic imine (C=N–C) groups is 1. The number of ether oxygens (including phenoxy) is 2. The SMILES string of the molecule is O=C=NCc1cc2c(cc1C(F)(F)F)OCCCO2. The summed E-state index contributed by atoms with van der Waals surface area (Å²) in [5.74, 6) is 0.297. The molecule has 1 aromatic rings. The molecule has 0 radical (unpaired) electrons. The largest absolute Gasteiger partial charge is 0.490 e. The average molecular weight is 273 g/mol. The Morgan fingerprint density at radius 2 is 1.84 bits per heavy atom. The van der Waals surface area contributed by atoms with E-state index in [2.05, 4.69) is 4.99 Å². The quantitative estimate of drug-likeness (QED) is 0.615. The standard InChI is InChI=1S/C12H10F3NO3/c13-12(14,15)9-5-11-10(18-2-1-3-19-11)4-8(9)6-16-7-17/h4-5H,1-3,6H2. The van der Waals surface area contributed by atoms with Gasteiger partial charge in [-0.25, -0.2) is 9.79 Å². The third-order valence-corrected chi connectivity index (χ3v) is 2.59. The van der Waals surface area contributed by atoms with Crippen molar-refractivity contribution in [3.63, 3.8) is 0 Å². The fourth-order valence-electron chi connectivity index (χ4n) is 1.76. The lowest BCUT2D eigenvalue weighted by Crippen LogP contribution is -2.10. The molecule has 7 heteroatoms. The highest BCUT2D eigenvalue weighted by molar-refractivity contribution is 5.49. The summed E-state index contributed by atoms with van der Waals surface area (Å²) in [6.07, 6.45) is -2.73. The zero-order chi connectivity index (χ0) is 13.9. The molecule has 0 aromatic heterocycles. The first-order valence-electron chi connectivity index (χ1n) is 5.55. The van der Waals surface area contributed by atoms with E-state index < -0.39 is 18.3 Å². The fraction of sp³-hybridized carbons (Fsp3) is 0.417. The molecule has 4 nitrogen and oxygen atoms in total. The number of carbonyl (C=O) groups excluding carboxylic acids is 1. The molecule has 0 fully saturated rings. The molecule has 0 unspecified atom stereocenters. The number of nitrogens with zero attached hydrogens (tertiary/aromatic N) is 1. The topological polar surface area (TPSA) is 47.9 Å². The maximum absolute atomic E-state index is 12.9. The minimum atomic E-state index is -4.54. The van der Waals surface area contributed by atoms with Crippen molar-refractivity contribution in [3.8, 4) is 11.5 Å². The van der Waals surface area contributed by atoms with Gasteiger partial charge in [0.05, 0.1) is 25.3 Å². The molecule has 1 aliphatic heterocycles. The van der Waals surface area contributed by atoms with Crippen molar-refractivity contribution >= 4 is 6.08 Å². The van der Waals surface area contributed by atoms with Crippen LogP contribution in [0.1, 0.15) is 17.5 Å². The molecule has 0 amide bonds. The van der Waals surface area contributed by atoms with Crippen molar-refractivity contribution < 1.29 is 27.4 Å². The van der Waals surface area contributed by atoms with E-state index in [0.29, 0.717) is 19.6 Å². The second-order valence-corrected chi connectivity index (χ2v) is 3.91. The summed E-state index contributed by atoms with van der Waals surface area (Å²) in [5.41, 5.74) is -1.02. The third-order valence-electron chi connectivity index (χ3n) is 2.59. The van der Waals surface area contributed by atoms with Gasteiger partial charge in [0.2, 0.25) is 6.08 Å². The van der Waals surface area contributed by atoms with Gasteiger partial charge in [-0.3, -0.25) is 0 Å². The van der Waals surface area contributed by atoms with Gasteiger partial charge in [0.25, 0.3) is 0 Å². The first-order valence-corrected chi connectivity index (χ1v) is 5.55. The molecule has 1 aliphatic rings. The van der Waals surface area contributed by atoms with Gasteiger partial charge in [0.1, 0.15) is 0 Å². The number of halogens is 3. The van der Waals surface area contributed by atoms with Crippen LogP contribution in [0.3, 0.4) is 0 Å². The van der Waals surface area contributed by atoms with Crippen molar-refractivity contribution in [1.29, 1.82) is 0 Å². The molecule has 19 heavy (non-hydrogen) atoms. The van der Waals surface area contributed by atoms with Crippen LogP contribution in [0, 0.1) is 0 Å². The molecular formula is C12H10F3NO3. The molecule has 0 bridgehead atoms. The highest BCUT2D eigenvalue weighted by Crippen LogP contribution is 2.40. The second kappa shape index (κ2) is 5.32. The number of benzene rings is 1. The molecule has 0 saturated heterocycles.